The van der Waals surface area contributed by atoms with Crippen LogP contribution < -0.4 is 0 Å². The fourth-order valence-corrected chi connectivity index (χ4v) is 1.31. The van der Waals surface area contributed by atoms with E-state index < -0.39 is 12.8 Å². The monoisotopic (exact) mass is 203 g/mol. The molecule has 0 saturated heterocycles. The maximum atomic E-state index is 11.2. The number of fused-ring (bicyclic) bond motifs is 1. The van der Waals surface area contributed by atoms with Crippen LogP contribution in [0.25, 0.3) is 10.9 Å². The van der Waals surface area contributed by atoms with E-state index in [1.165, 1.54) is 0 Å². The maximum Gasteiger partial charge on any atom is 0.359 e. The normalized spacial score (nSPS) is 10.2. The number of aliphatic hydroxyl groups excluding tert-OH is 1. The number of hydrogen-bond acceptors (Lipinski definition) is 4. The second-order valence-electron chi connectivity index (χ2n) is 2.95. The van der Waals surface area contributed by atoms with Crippen molar-refractivity contribution in [1.29, 1.82) is 0 Å². The molecule has 76 valence electrons. The lowest BCUT2D eigenvalue weighted by atomic mass is 10.2. The minimum atomic E-state index is -0.632. The molecule has 1 aromatic carbocycles. The van der Waals surface area contributed by atoms with Crippen molar-refractivity contribution in [2.24, 2.45) is 0 Å². The molecular weight excluding hydrogens is 194 g/mol. The molecule has 1 heterocycles. The van der Waals surface area contributed by atoms with E-state index in [9.17, 15) is 4.79 Å². The van der Waals surface area contributed by atoms with E-state index in [-0.39, 0.29) is 5.69 Å². The van der Waals surface area contributed by atoms with Gasteiger partial charge in [-0.1, -0.05) is 24.3 Å². The van der Waals surface area contributed by atoms with Crippen molar-refractivity contribution in [3.8, 4) is 0 Å². The lowest BCUT2D eigenvalue weighted by Gasteiger charge is -2.01. The zero-order valence-electron chi connectivity index (χ0n) is 7.88. The number of para-hydroxylation sites is 1. The Balaban J connectivity index is 2.42. The number of aliphatic hydroxyl groups is 1. The molecule has 1 N–H and O–H groups in total. The molecular formula is C11H9NO3. The Morgan fingerprint density at radius 1 is 1.27 bits per heavy atom. The van der Waals surface area contributed by atoms with Crippen LogP contribution in [0.3, 0.4) is 0 Å². The van der Waals surface area contributed by atoms with Crippen molar-refractivity contribution in [3.63, 3.8) is 0 Å². The molecule has 2 rings (SSSR count). The van der Waals surface area contributed by atoms with Gasteiger partial charge in [0.1, 0.15) is 5.69 Å². The Morgan fingerprint density at radius 2 is 2.07 bits per heavy atom. The largest absolute Gasteiger partial charge is 0.434 e. The highest BCUT2D eigenvalue weighted by Gasteiger charge is 2.08. The molecule has 15 heavy (non-hydrogen) atoms. The molecule has 4 nitrogen and oxygen atoms in total. The summed E-state index contributed by atoms with van der Waals surface area (Å²) in [5.41, 5.74) is 0.924. The molecule has 0 amide bonds. The molecule has 0 saturated carbocycles. The van der Waals surface area contributed by atoms with Crippen LogP contribution in [0.1, 0.15) is 10.5 Å². The standard InChI is InChI=1S/C11H9NO3/c13-7-15-11(14)10-6-5-8-3-1-2-4-9(8)12-10/h1-6,13H,7H2. The third kappa shape index (κ3) is 1.94. The molecule has 0 aliphatic rings. The van der Waals surface area contributed by atoms with Crippen LogP contribution in [-0.2, 0) is 4.74 Å². The molecule has 2 aromatic rings. The van der Waals surface area contributed by atoms with Crippen LogP contribution in [0.4, 0.5) is 0 Å². The number of aromatic nitrogens is 1. The number of carbonyl (C=O) groups is 1. The summed E-state index contributed by atoms with van der Waals surface area (Å²) in [6.45, 7) is -0.632. The van der Waals surface area contributed by atoms with E-state index in [1.54, 1.807) is 12.1 Å². The van der Waals surface area contributed by atoms with Gasteiger partial charge in [-0.2, -0.15) is 0 Å². The summed E-state index contributed by atoms with van der Waals surface area (Å²) in [5.74, 6) is -0.622. The highest BCUT2D eigenvalue weighted by molar-refractivity contribution is 5.90. The number of esters is 1. The minimum absolute atomic E-state index is 0.197. The first-order valence-electron chi connectivity index (χ1n) is 4.45. The van der Waals surface area contributed by atoms with Gasteiger partial charge in [0.25, 0.3) is 0 Å². The van der Waals surface area contributed by atoms with Gasteiger partial charge < -0.3 is 9.84 Å². The molecule has 0 fully saturated rings. The fourth-order valence-electron chi connectivity index (χ4n) is 1.31. The van der Waals surface area contributed by atoms with Gasteiger partial charge in [-0.25, -0.2) is 9.78 Å². The quantitative estimate of drug-likeness (QED) is 0.591. The van der Waals surface area contributed by atoms with Crippen LogP contribution in [0.15, 0.2) is 36.4 Å². The van der Waals surface area contributed by atoms with Gasteiger partial charge in [0, 0.05) is 5.39 Å². The van der Waals surface area contributed by atoms with Gasteiger partial charge in [0.15, 0.2) is 6.79 Å². The summed E-state index contributed by atoms with van der Waals surface area (Å²) in [7, 11) is 0. The molecule has 0 aliphatic carbocycles. The van der Waals surface area contributed by atoms with Gasteiger partial charge in [0.05, 0.1) is 5.52 Å². The predicted molar refractivity (Wildman–Crippen MR) is 54.2 cm³/mol. The Bertz CT molecular complexity index is 496. The molecule has 0 bridgehead atoms. The van der Waals surface area contributed by atoms with Crippen LogP contribution in [-0.4, -0.2) is 22.9 Å². The van der Waals surface area contributed by atoms with Crippen molar-refractivity contribution in [2.45, 2.75) is 0 Å². The summed E-state index contributed by atoms with van der Waals surface area (Å²) in [4.78, 5) is 15.4. The van der Waals surface area contributed by atoms with Gasteiger partial charge in [-0.15, -0.1) is 0 Å². The molecule has 0 spiro atoms. The first kappa shape index (κ1) is 9.61. The number of nitrogens with zero attached hydrogens (tertiary/aromatic N) is 1. The summed E-state index contributed by atoms with van der Waals surface area (Å²) in [5, 5.41) is 9.40. The lowest BCUT2D eigenvalue weighted by Crippen LogP contribution is -2.07. The Hall–Kier alpha value is -1.94. The molecule has 0 unspecified atom stereocenters. The van der Waals surface area contributed by atoms with Crippen molar-refractivity contribution in [2.75, 3.05) is 6.79 Å². The minimum Gasteiger partial charge on any atom is -0.434 e. The first-order valence-corrected chi connectivity index (χ1v) is 4.45. The van der Waals surface area contributed by atoms with E-state index in [2.05, 4.69) is 9.72 Å². The zero-order chi connectivity index (χ0) is 10.7. The maximum absolute atomic E-state index is 11.2. The third-order valence-corrected chi connectivity index (χ3v) is 2.00. The Kier molecular flexibility index (Phi) is 2.60. The van der Waals surface area contributed by atoms with Crippen molar-refractivity contribution < 1.29 is 14.6 Å². The summed E-state index contributed by atoms with van der Waals surface area (Å²) in [6, 6.07) is 10.8. The van der Waals surface area contributed by atoms with Gasteiger partial charge >= 0.3 is 5.97 Å². The van der Waals surface area contributed by atoms with Crippen LogP contribution in [0.5, 0.6) is 0 Å². The average Bonchev–Trinajstić information content (AvgIpc) is 2.29. The second kappa shape index (κ2) is 4.06. The van der Waals surface area contributed by atoms with Crippen molar-refractivity contribution in [3.05, 3.63) is 42.1 Å². The van der Waals surface area contributed by atoms with Crippen LogP contribution >= 0.6 is 0 Å². The van der Waals surface area contributed by atoms with Gasteiger partial charge in [0.2, 0.25) is 0 Å². The SMILES string of the molecule is O=C(OCO)c1ccc2ccccc2n1. The number of ether oxygens (including phenoxy) is 1. The summed E-state index contributed by atoms with van der Waals surface area (Å²) >= 11 is 0. The van der Waals surface area contributed by atoms with Crippen LogP contribution in [0, 0.1) is 0 Å². The van der Waals surface area contributed by atoms with E-state index >= 15 is 0 Å². The Labute approximate surface area is 86.1 Å². The van der Waals surface area contributed by atoms with Gasteiger partial charge in [-0.05, 0) is 12.1 Å². The van der Waals surface area contributed by atoms with E-state index in [0.29, 0.717) is 0 Å². The first-order chi connectivity index (χ1) is 7.31. The number of hydrogen-bond donors (Lipinski definition) is 1. The third-order valence-electron chi connectivity index (χ3n) is 2.00. The molecule has 0 atom stereocenters. The van der Waals surface area contributed by atoms with Gasteiger partial charge in [-0.3, -0.25) is 0 Å². The number of rotatable bonds is 2. The smallest absolute Gasteiger partial charge is 0.359 e. The average molecular weight is 203 g/mol. The summed E-state index contributed by atoms with van der Waals surface area (Å²) < 4.78 is 4.43. The Morgan fingerprint density at radius 3 is 2.87 bits per heavy atom. The second-order valence-corrected chi connectivity index (χ2v) is 2.95. The molecule has 0 radical (unpaired) electrons. The fraction of sp³-hybridized carbons (Fsp3) is 0.0909. The number of carbonyl (C=O) groups excluding carboxylic acids is 1. The highest BCUT2D eigenvalue weighted by Crippen LogP contribution is 2.12. The van der Waals surface area contributed by atoms with Crippen molar-refractivity contribution in [1.82, 2.24) is 4.98 Å². The number of benzene rings is 1. The zero-order valence-corrected chi connectivity index (χ0v) is 7.88. The molecule has 4 heteroatoms. The number of pyridine rings is 1. The van der Waals surface area contributed by atoms with Crippen LogP contribution in [0.2, 0.25) is 0 Å². The lowest BCUT2D eigenvalue weighted by molar-refractivity contribution is 0.00628. The van der Waals surface area contributed by atoms with Crippen molar-refractivity contribution >= 4 is 16.9 Å². The molecule has 0 aliphatic heterocycles. The summed E-state index contributed by atoms with van der Waals surface area (Å²) in [6.07, 6.45) is 0. The topological polar surface area (TPSA) is 59.4 Å². The van der Waals surface area contributed by atoms with E-state index in [4.69, 9.17) is 5.11 Å². The highest BCUT2D eigenvalue weighted by atomic mass is 16.6. The predicted octanol–water partition coefficient (Wildman–Crippen LogP) is 1.34. The molecule has 1 aromatic heterocycles. The van der Waals surface area contributed by atoms with E-state index in [0.717, 1.165) is 10.9 Å². The van der Waals surface area contributed by atoms with E-state index in [1.807, 2.05) is 24.3 Å².